The van der Waals surface area contributed by atoms with Crippen molar-refractivity contribution in [1.82, 2.24) is 29.2 Å². The largest absolute Gasteiger partial charge is 0.331 e. The minimum absolute atomic E-state index is 0.661. The first-order chi connectivity index (χ1) is 10.8. The van der Waals surface area contributed by atoms with E-state index in [0.717, 1.165) is 37.9 Å². The number of fused-ring (bicyclic) bond motifs is 1. The van der Waals surface area contributed by atoms with Crippen LogP contribution in [0.25, 0.3) is 0 Å². The van der Waals surface area contributed by atoms with Crippen LogP contribution in [0.4, 0.5) is 0 Å². The van der Waals surface area contributed by atoms with Gasteiger partial charge in [-0.15, -0.1) is 10.2 Å². The molecule has 0 N–H and O–H groups in total. The van der Waals surface area contributed by atoms with E-state index in [0.29, 0.717) is 5.92 Å². The average Bonchev–Trinajstić information content (AvgIpc) is 3.45. The summed E-state index contributed by atoms with van der Waals surface area (Å²) in [6.07, 6.45) is 8.37. The third-order valence-electron chi connectivity index (χ3n) is 5.27. The monoisotopic (exact) mass is 298 g/mol. The van der Waals surface area contributed by atoms with E-state index in [2.05, 4.69) is 42.6 Å². The second-order valence-electron chi connectivity index (χ2n) is 7.04. The number of imidazole rings is 1. The van der Waals surface area contributed by atoms with Crippen molar-refractivity contribution >= 4 is 0 Å². The summed E-state index contributed by atoms with van der Waals surface area (Å²) >= 11 is 0. The van der Waals surface area contributed by atoms with Crippen LogP contribution in [-0.4, -0.2) is 35.8 Å². The highest BCUT2D eigenvalue weighted by atomic mass is 15.3. The molecule has 0 aromatic carbocycles. The Morgan fingerprint density at radius 3 is 2.82 bits per heavy atom. The van der Waals surface area contributed by atoms with Gasteiger partial charge >= 0.3 is 0 Å². The molecule has 2 aromatic heterocycles. The van der Waals surface area contributed by atoms with Crippen molar-refractivity contribution in [3.8, 4) is 0 Å². The molecular weight excluding hydrogens is 276 g/mol. The molecule has 0 amide bonds. The molecule has 0 bridgehead atoms. The van der Waals surface area contributed by atoms with Gasteiger partial charge in [0.2, 0.25) is 0 Å². The smallest absolute Gasteiger partial charge is 0.146 e. The van der Waals surface area contributed by atoms with Gasteiger partial charge in [0.05, 0.1) is 18.6 Å². The van der Waals surface area contributed by atoms with Gasteiger partial charge in [-0.05, 0) is 25.7 Å². The van der Waals surface area contributed by atoms with Gasteiger partial charge in [-0.3, -0.25) is 4.90 Å². The fourth-order valence-electron chi connectivity index (χ4n) is 3.60. The van der Waals surface area contributed by atoms with E-state index in [9.17, 15) is 0 Å². The lowest BCUT2D eigenvalue weighted by Gasteiger charge is -2.26. The molecule has 6 nitrogen and oxygen atoms in total. The summed E-state index contributed by atoms with van der Waals surface area (Å²) in [5, 5.41) is 8.81. The van der Waals surface area contributed by atoms with Crippen LogP contribution in [0.2, 0.25) is 0 Å². The molecule has 0 atom stereocenters. The third-order valence-corrected chi connectivity index (χ3v) is 5.27. The summed E-state index contributed by atoms with van der Waals surface area (Å²) in [4.78, 5) is 7.11. The zero-order chi connectivity index (χ0) is 14.7. The Morgan fingerprint density at radius 2 is 2.05 bits per heavy atom. The molecule has 0 unspecified atom stereocenters. The van der Waals surface area contributed by atoms with Crippen LogP contribution in [0.1, 0.15) is 60.7 Å². The molecule has 2 aliphatic carbocycles. The SMILES string of the molecule is Cn1c(CN2CCc3c(ncn3C3CC3)C2)nnc1C1CC1. The standard InChI is InChI=1S/C16H22N6/c1-20-15(18-19-16(20)11-2-3-11)9-21-7-6-14-13(8-21)17-10-22(14)12-4-5-12/h10-12H,2-9H2,1H3. The quantitative estimate of drug-likeness (QED) is 0.863. The molecular formula is C16H22N6. The van der Waals surface area contributed by atoms with Crippen LogP contribution in [0.15, 0.2) is 6.33 Å². The van der Waals surface area contributed by atoms with Crippen molar-refractivity contribution in [3.05, 3.63) is 29.4 Å². The molecule has 3 aliphatic rings. The molecule has 0 radical (unpaired) electrons. The van der Waals surface area contributed by atoms with Gasteiger partial charge in [-0.1, -0.05) is 0 Å². The topological polar surface area (TPSA) is 51.8 Å². The molecule has 0 saturated heterocycles. The Labute approximate surface area is 130 Å². The number of hydrogen-bond acceptors (Lipinski definition) is 4. The third kappa shape index (κ3) is 2.08. The lowest BCUT2D eigenvalue weighted by Crippen LogP contribution is -2.31. The minimum atomic E-state index is 0.661. The molecule has 3 heterocycles. The number of rotatable bonds is 4. The van der Waals surface area contributed by atoms with E-state index < -0.39 is 0 Å². The molecule has 6 heteroatoms. The zero-order valence-corrected chi connectivity index (χ0v) is 13.1. The summed E-state index contributed by atoms with van der Waals surface area (Å²) in [6, 6.07) is 0.739. The Bertz CT molecular complexity index is 706. The summed E-state index contributed by atoms with van der Waals surface area (Å²) < 4.78 is 4.62. The molecule has 0 spiro atoms. The number of aromatic nitrogens is 5. The summed E-state index contributed by atoms with van der Waals surface area (Å²) in [7, 11) is 2.11. The predicted octanol–water partition coefficient (Wildman–Crippen LogP) is 1.78. The molecule has 5 rings (SSSR count). The Kier molecular flexibility index (Phi) is 2.71. The average molecular weight is 298 g/mol. The van der Waals surface area contributed by atoms with Crippen LogP contribution >= 0.6 is 0 Å². The van der Waals surface area contributed by atoms with Crippen LogP contribution in [0.3, 0.4) is 0 Å². The van der Waals surface area contributed by atoms with E-state index in [-0.39, 0.29) is 0 Å². The molecule has 116 valence electrons. The van der Waals surface area contributed by atoms with Crippen molar-refractivity contribution in [3.63, 3.8) is 0 Å². The lowest BCUT2D eigenvalue weighted by atomic mass is 10.1. The van der Waals surface area contributed by atoms with E-state index >= 15 is 0 Å². The molecule has 2 fully saturated rings. The van der Waals surface area contributed by atoms with Crippen LogP contribution in [0.5, 0.6) is 0 Å². The normalized spacial score (nSPS) is 22.0. The number of nitrogens with zero attached hydrogens (tertiary/aromatic N) is 6. The highest BCUT2D eigenvalue weighted by Crippen LogP contribution is 2.39. The first-order valence-electron chi connectivity index (χ1n) is 8.44. The zero-order valence-electron chi connectivity index (χ0n) is 13.1. The van der Waals surface area contributed by atoms with Gasteiger partial charge in [0.1, 0.15) is 11.6 Å². The highest BCUT2D eigenvalue weighted by Gasteiger charge is 2.31. The van der Waals surface area contributed by atoms with Crippen molar-refractivity contribution < 1.29 is 0 Å². The van der Waals surface area contributed by atoms with Gasteiger partial charge in [0.25, 0.3) is 0 Å². The maximum absolute atomic E-state index is 4.65. The molecule has 22 heavy (non-hydrogen) atoms. The molecule has 1 aliphatic heterocycles. The van der Waals surface area contributed by atoms with Gasteiger partial charge in [-0.2, -0.15) is 0 Å². The lowest BCUT2D eigenvalue weighted by molar-refractivity contribution is 0.231. The van der Waals surface area contributed by atoms with Crippen LogP contribution < -0.4 is 0 Å². The van der Waals surface area contributed by atoms with Crippen LogP contribution in [0, 0.1) is 0 Å². The van der Waals surface area contributed by atoms with Crippen molar-refractivity contribution in [1.29, 1.82) is 0 Å². The van der Waals surface area contributed by atoms with E-state index in [4.69, 9.17) is 0 Å². The summed E-state index contributed by atoms with van der Waals surface area (Å²) in [6.45, 7) is 2.92. The molecule has 2 saturated carbocycles. The van der Waals surface area contributed by atoms with Crippen molar-refractivity contribution in [2.75, 3.05) is 6.54 Å². The fourth-order valence-corrected chi connectivity index (χ4v) is 3.60. The summed E-state index contributed by atoms with van der Waals surface area (Å²) in [5.41, 5.74) is 2.73. The van der Waals surface area contributed by atoms with Crippen molar-refractivity contribution in [2.24, 2.45) is 7.05 Å². The minimum Gasteiger partial charge on any atom is -0.331 e. The first-order valence-corrected chi connectivity index (χ1v) is 8.44. The summed E-state index contributed by atoms with van der Waals surface area (Å²) in [5.74, 6) is 2.92. The highest BCUT2D eigenvalue weighted by molar-refractivity contribution is 5.19. The Hall–Kier alpha value is -1.69. The van der Waals surface area contributed by atoms with Gasteiger partial charge in [-0.25, -0.2) is 4.98 Å². The maximum Gasteiger partial charge on any atom is 0.146 e. The second-order valence-corrected chi connectivity index (χ2v) is 7.04. The van der Waals surface area contributed by atoms with Crippen LogP contribution in [-0.2, 0) is 26.6 Å². The van der Waals surface area contributed by atoms with E-state index in [1.165, 1.54) is 42.9 Å². The maximum atomic E-state index is 4.65. The Morgan fingerprint density at radius 1 is 1.18 bits per heavy atom. The van der Waals surface area contributed by atoms with Gasteiger partial charge in [0, 0.05) is 44.2 Å². The first kappa shape index (κ1) is 12.8. The number of hydrogen-bond donors (Lipinski definition) is 0. The van der Waals surface area contributed by atoms with Gasteiger partial charge < -0.3 is 9.13 Å². The fraction of sp³-hybridized carbons (Fsp3) is 0.688. The Balaban J connectivity index is 1.32. The predicted molar refractivity (Wildman–Crippen MR) is 81.3 cm³/mol. The van der Waals surface area contributed by atoms with Gasteiger partial charge in [0.15, 0.2) is 0 Å². The second kappa shape index (κ2) is 4.65. The van der Waals surface area contributed by atoms with Crippen molar-refractivity contribution in [2.45, 2.75) is 57.2 Å². The van der Waals surface area contributed by atoms with E-state index in [1.54, 1.807) is 0 Å². The molecule has 2 aromatic rings. The van der Waals surface area contributed by atoms with E-state index in [1.807, 2.05) is 0 Å².